The van der Waals surface area contributed by atoms with Crippen LogP contribution in [0, 0.1) is 5.41 Å². The molecule has 2 atom stereocenters. The lowest BCUT2D eigenvalue weighted by Gasteiger charge is -2.51. The van der Waals surface area contributed by atoms with Crippen molar-refractivity contribution in [2.45, 2.75) is 64.1 Å². The van der Waals surface area contributed by atoms with Gasteiger partial charge in [0.1, 0.15) is 5.60 Å². The van der Waals surface area contributed by atoms with Crippen molar-refractivity contribution in [3.8, 4) is 0 Å². The first kappa shape index (κ1) is 18.5. The SMILES string of the molecule is CC(C)(C)OC(=O)N1CCCC(CO)(C2(O)CCCOCC2)C1. The average Bonchev–Trinajstić information content (AvgIpc) is 2.71. The molecule has 0 aromatic carbocycles. The number of nitrogens with zero attached hydrogens (tertiary/aromatic N) is 1. The predicted molar refractivity (Wildman–Crippen MR) is 86.2 cm³/mol. The fourth-order valence-corrected chi connectivity index (χ4v) is 3.74. The van der Waals surface area contributed by atoms with E-state index >= 15 is 0 Å². The van der Waals surface area contributed by atoms with E-state index in [1.54, 1.807) is 4.90 Å². The Balaban J connectivity index is 2.16. The first-order valence-corrected chi connectivity index (χ1v) is 8.60. The molecule has 0 spiro atoms. The van der Waals surface area contributed by atoms with Gasteiger partial charge in [-0.15, -0.1) is 0 Å². The normalized spacial score (nSPS) is 33.2. The van der Waals surface area contributed by atoms with Gasteiger partial charge in [0.2, 0.25) is 0 Å². The zero-order chi connectivity index (χ0) is 17.1. The van der Waals surface area contributed by atoms with E-state index in [1.165, 1.54) is 0 Å². The second-order valence-electron chi connectivity index (χ2n) is 7.94. The standard InChI is InChI=1S/C17H31NO5/c1-15(2,3)23-14(20)18-9-4-6-16(12-18,13-19)17(21)7-5-10-22-11-8-17/h19,21H,4-13H2,1-3H3. The van der Waals surface area contributed by atoms with E-state index in [1.807, 2.05) is 20.8 Å². The molecule has 0 bridgehead atoms. The van der Waals surface area contributed by atoms with Crippen molar-refractivity contribution in [2.24, 2.45) is 5.41 Å². The molecule has 6 heteroatoms. The maximum absolute atomic E-state index is 12.4. The number of amides is 1. The highest BCUT2D eigenvalue weighted by Crippen LogP contribution is 2.45. The summed E-state index contributed by atoms with van der Waals surface area (Å²) < 4.78 is 10.9. The summed E-state index contributed by atoms with van der Waals surface area (Å²) in [5.74, 6) is 0. The van der Waals surface area contributed by atoms with E-state index < -0.39 is 16.6 Å². The number of aliphatic hydroxyl groups excluding tert-OH is 1. The topological polar surface area (TPSA) is 79.2 Å². The second kappa shape index (κ2) is 6.95. The Hall–Kier alpha value is -0.850. The van der Waals surface area contributed by atoms with Crippen LogP contribution in [0.25, 0.3) is 0 Å². The summed E-state index contributed by atoms with van der Waals surface area (Å²) >= 11 is 0. The minimum absolute atomic E-state index is 0.136. The van der Waals surface area contributed by atoms with Crippen molar-refractivity contribution >= 4 is 6.09 Å². The fourth-order valence-electron chi connectivity index (χ4n) is 3.74. The molecule has 6 nitrogen and oxygen atoms in total. The summed E-state index contributed by atoms with van der Waals surface area (Å²) in [5.41, 5.74) is -2.25. The number of likely N-dealkylation sites (tertiary alicyclic amines) is 1. The van der Waals surface area contributed by atoms with Crippen LogP contribution in [0.1, 0.15) is 52.9 Å². The third kappa shape index (κ3) is 4.17. The average molecular weight is 329 g/mol. The molecule has 2 unspecified atom stereocenters. The van der Waals surface area contributed by atoms with Gasteiger partial charge in [-0.25, -0.2) is 4.79 Å². The molecule has 1 amide bonds. The molecule has 2 saturated heterocycles. The second-order valence-corrected chi connectivity index (χ2v) is 7.94. The summed E-state index contributed by atoms with van der Waals surface area (Å²) in [6.45, 7) is 7.43. The monoisotopic (exact) mass is 329 g/mol. The summed E-state index contributed by atoms with van der Waals surface area (Å²) in [7, 11) is 0. The molecule has 0 aromatic rings. The number of hydrogen-bond donors (Lipinski definition) is 2. The maximum Gasteiger partial charge on any atom is 0.410 e. The Kier molecular flexibility index (Phi) is 5.59. The van der Waals surface area contributed by atoms with Crippen LogP contribution in [0.4, 0.5) is 4.79 Å². The van der Waals surface area contributed by atoms with E-state index in [0.29, 0.717) is 45.6 Å². The van der Waals surface area contributed by atoms with Gasteiger partial charge >= 0.3 is 6.09 Å². The summed E-state index contributed by atoms with van der Waals surface area (Å²) in [6, 6.07) is 0. The molecule has 2 aliphatic heterocycles. The first-order chi connectivity index (χ1) is 10.7. The van der Waals surface area contributed by atoms with Gasteiger partial charge in [-0.1, -0.05) is 0 Å². The zero-order valence-corrected chi connectivity index (χ0v) is 14.6. The summed E-state index contributed by atoms with van der Waals surface area (Å²) in [5, 5.41) is 21.3. The lowest BCUT2D eigenvalue weighted by atomic mass is 9.64. The van der Waals surface area contributed by atoms with Crippen LogP contribution < -0.4 is 0 Å². The zero-order valence-electron chi connectivity index (χ0n) is 14.6. The first-order valence-electron chi connectivity index (χ1n) is 8.60. The summed E-state index contributed by atoms with van der Waals surface area (Å²) in [6.07, 6.45) is 2.95. The molecular formula is C17H31NO5. The van der Waals surface area contributed by atoms with Crippen molar-refractivity contribution < 1.29 is 24.5 Å². The molecule has 134 valence electrons. The quantitative estimate of drug-likeness (QED) is 0.809. The lowest BCUT2D eigenvalue weighted by Crippen LogP contribution is -2.60. The van der Waals surface area contributed by atoms with Crippen LogP contribution in [0.2, 0.25) is 0 Å². The molecule has 2 heterocycles. The van der Waals surface area contributed by atoms with Gasteiger partial charge in [0, 0.05) is 38.1 Å². The molecule has 0 radical (unpaired) electrons. The molecule has 2 rings (SSSR count). The van der Waals surface area contributed by atoms with E-state index in [4.69, 9.17) is 9.47 Å². The van der Waals surface area contributed by atoms with Crippen LogP contribution in [-0.4, -0.2) is 65.3 Å². The third-order valence-electron chi connectivity index (χ3n) is 5.06. The number of carbonyl (C=O) groups is 1. The highest BCUT2D eigenvalue weighted by atomic mass is 16.6. The van der Waals surface area contributed by atoms with Crippen LogP contribution >= 0.6 is 0 Å². The summed E-state index contributed by atoms with van der Waals surface area (Å²) in [4.78, 5) is 14.0. The van der Waals surface area contributed by atoms with Crippen molar-refractivity contribution in [3.05, 3.63) is 0 Å². The van der Waals surface area contributed by atoms with Gasteiger partial charge < -0.3 is 24.6 Å². The van der Waals surface area contributed by atoms with Crippen LogP contribution in [-0.2, 0) is 9.47 Å². The number of aliphatic hydroxyl groups is 2. The number of carbonyl (C=O) groups excluding carboxylic acids is 1. The van der Waals surface area contributed by atoms with Gasteiger partial charge in [-0.3, -0.25) is 0 Å². The van der Waals surface area contributed by atoms with Crippen molar-refractivity contribution in [3.63, 3.8) is 0 Å². The van der Waals surface area contributed by atoms with Crippen LogP contribution in [0.5, 0.6) is 0 Å². The Morgan fingerprint density at radius 2 is 1.96 bits per heavy atom. The lowest BCUT2D eigenvalue weighted by molar-refractivity contribution is -0.146. The Morgan fingerprint density at radius 3 is 2.61 bits per heavy atom. The number of hydrogen-bond acceptors (Lipinski definition) is 5. The van der Waals surface area contributed by atoms with Gasteiger partial charge in [-0.2, -0.15) is 0 Å². The molecule has 0 saturated carbocycles. The third-order valence-corrected chi connectivity index (χ3v) is 5.06. The van der Waals surface area contributed by atoms with E-state index in [2.05, 4.69) is 0 Å². The van der Waals surface area contributed by atoms with Crippen molar-refractivity contribution in [2.75, 3.05) is 32.9 Å². The minimum Gasteiger partial charge on any atom is -0.444 e. The number of piperidine rings is 1. The maximum atomic E-state index is 12.4. The molecular weight excluding hydrogens is 298 g/mol. The highest BCUT2D eigenvalue weighted by molar-refractivity contribution is 5.68. The Labute approximate surface area is 138 Å². The predicted octanol–water partition coefficient (Wildman–Crippen LogP) is 1.93. The van der Waals surface area contributed by atoms with E-state index in [-0.39, 0.29) is 12.7 Å². The van der Waals surface area contributed by atoms with Crippen LogP contribution in [0.15, 0.2) is 0 Å². The number of ether oxygens (including phenoxy) is 2. The van der Waals surface area contributed by atoms with Crippen molar-refractivity contribution in [1.82, 2.24) is 4.90 Å². The molecule has 0 aromatic heterocycles. The van der Waals surface area contributed by atoms with Crippen LogP contribution in [0.3, 0.4) is 0 Å². The number of rotatable bonds is 2. The highest BCUT2D eigenvalue weighted by Gasteiger charge is 2.52. The van der Waals surface area contributed by atoms with Gasteiger partial charge in [-0.05, 0) is 46.5 Å². The largest absolute Gasteiger partial charge is 0.444 e. The van der Waals surface area contributed by atoms with E-state index in [9.17, 15) is 15.0 Å². The molecule has 23 heavy (non-hydrogen) atoms. The molecule has 2 fully saturated rings. The van der Waals surface area contributed by atoms with Gasteiger partial charge in [0.05, 0.1) is 12.2 Å². The Morgan fingerprint density at radius 1 is 1.22 bits per heavy atom. The van der Waals surface area contributed by atoms with Gasteiger partial charge in [0.15, 0.2) is 0 Å². The molecule has 2 N–H and O–H groups in total. The Bertz CT molecular complexity index is 412. The van der Waals surface area contributed by atoms with E-state index in [0.717, 1.165) is 12.8 Å². The van der Waals surface area contributed by atoms with Crippen molar-refractivity contribution in [1.29, 1.82) is 0 Å². The smallest absolute Gasteiger partial charge is 0.410 e. The molecule has 2 aliphatic rings. The minimum atomic E-state index is -1.00. The fraction of sp³-hybridized carbons (Fsp3) is 0.941. The molecule has 0 aliphatic carbocycles. The van der Waals surface area contributed by atoms with Gasteiger partial charge in [0.25, 0.3) is 0 Å².